The summed E-state index contributed by atoms with van der Waals surface area (Å²) in [5.74, 6) is 1.90. The second-order valence-corrected chi connectivity index (χ2v) is 16.1. The SMILES string of the molecule is CC(C)(C)c1ccc(N(c2[c-]c(Oc3[c-]c([N+]4=C=[N+](c5c(-c6ccccc6)cccc5-c5ccccc5)c5c4ccc4ccccc54)ccc3)ccc2)c2ccccn2)cc1.[Pt+2]. The molecule has 0 saturated heterocycles. The third kappa shape index (κ3) is 7.81. The monoisotopic (exact) mass is 981 g/mol. The topological polar surface area (TPSA) is 31.4 Å². The maximum absolute atomic E-state index is 6.60. The third-order valence-electron chi connectivity index (χ3n) is 11.1. The Kier molecular flexibility index (Phi) is 11.1. The van der Waals surface area contributed by atoms with E-state index in [1.807, 2.05) is 60.8 Å². The molecule has 10 rings (SSSR count). The number of hydrogen-bond acceptors (Lipinski definition) is 3. The first-order chi connectivity index (χ1) is 29.9. The van der Waals surface area contributed by atoms with Gasteiger partial charge >= 0.3 is 32.8 Å². The number of hydrogen-bond donors (Lipinski definition) is 0. The smallest absolute Gasteiger partial charge is 0.509 e. The van der Waals surface area contributed by atoms with Crippen molar-refractivity contribution in [2.75, 3.05) is 4.90 Å². The number of pyridine rings is 1. The Morgan fingerprint density at radius 1 is 0.548 bits per heavy atom. The number of fused-ring (bicyclic) bond motifs is 3. The molecule has 0 aliphatic carbocycles. The molecule has 1 aliphatic rings. The van der Waals surface area contributed by atoms with E-state index < -0.39 is 0 Å². The molecular formula is C56H42N4OPt+2. The summed E-state index contributed by atoms with van der Waals surface area (Å²) >= 11 is 0. The molecule has 0 N–H and O–H groups in total. The molecule has 62 heavy (non-hydrogen) atoms. The average molecular weight is 982 g/mol. The van der Waals surface area contributed by atoms with Gasteiger partial charge in [0.25, 0.3) is 5.69 Å². The van der Waals surface area contributed by atoms with Crippen molar-refractivity contribution >= 4 is 56.7 Å². The van der Waals surface area contributed by atoms with Crippen LogP contribution in [0.2, 0.25) is 0 Å². The van der Waals surface area contributed by atoms with Gasteiger partial charge in [0.1, 0.15) is 11.5 Å². The third-order valence-corrected chi connectivity index (χ3v) is 11.1. The fourth-order valence-electron chi connectivity index (χ4n) is 8.06. The molecule has 9 aromatic rings. The second-order valence-electron chi connectivity index (χ2n) is 16.1. The predicted octanol–water partition coefficient (Wildman–Crippen LogP) is 14.6. The van der Waals surface area contributed by atoms with Crippen molar-refractivity contribution in [3.63, 3.8) is 0 Å². The van der Waals surface area contributed by atoms with Crippen LogP contribution >= 0.6 is 0 Å². The summed E-state index contributed by atoms with van der Waals surface area (Å²) in [6.45, 7) is 6.67. The van der Waals surface area contributed by atoms with E-state index in [0.717, 1.165) is 73.0 Å². The number of rotatable bonds is 9. The van der Waals surface area contributed by atoms with Crippen molar-refractivity contribution in [2.24, 2.45) is 0 Å². The molecular weight excluding hydrogens is 940 g/mol. The van der Waals surface area contributed by atoms with Gasteiger partial charge in [-0.15, -0.1) is 24.3 Å². The molecule has 0 amide bonds. The molecule has 0 fully saturated rings. The fourth-order valence-corrected chi connectivity index (χ4v) is 8.06. The molecule has 300 valence electrons. The van der Waals surface area contributed by atoms with Crippen LogP contribution in [-0.4, -0.2) is 11.0 Å². The Bertz CT molecular complexity index is 3060. The molecule has 1 aromatic heterocycles. The summed E-state index contributed by atoms with van der Waals surface area (Å²) in [6, 6.07) is 78.1. The number of aromatic nitrogens is 1. The van der Waals surface area contributed by atoms with Crippen LogP contribution in [0.1, 0.15) is 26.3 Å². The molecule has 0 unspecified atom stereocenters. The number of benzene rings is 8. The Morgan fingerprint density at radius 2 is 1.18 bits per heavy atom. The van der Waals surface area contributed by atoms with E-state index >= 15 is 0 Å². The number of nitrogens with zero attached hydrogens (tertiary/aromatic N) is 4. The van der Waals surface area contributed by atoms with E-state index in [0.29, 0.717) is 11.5 Å². The fraction of sp³-hybridized carbons (Fsp3) is 0.0714. The van der Waals surface area contributed by atoms with Gasteiger partial charge in [0.15, 0.2) is 0 Å². The van der Waals surface area contributed by atoms with Crippen LogP contribution in [0.3, 0.4) is 0 Å². The van der Waals surface area contributed by atoms with Crippen LogP contribution in [-0.2, 0) is 26.5 Å². The summed E-state index contributed by atoms with van der Waals surface area (Å²) in [5, 5.41) is 2.27. The maximum atomic E-state index is 6.60. The first-order valence-electron chi connectivity index (χ1n) is 20.6. The summed E-state index contributed by atoms with van der Waals surface area (Å²) in [4.78, 5) is 6.82. The van der Waals surface area contributed by atoms with Crippen LogP contribution in [0.4, 0.5) is 39.9 Å². The molecule has 1 aliphatic heterocycles. The normalized spacial score (nSPS) is 11.9. The molecule has 0 radical (unpaired) electrons. The Labute approximate surface area is 377 Å². The molecule has 6 heteroatoms. The molecule has 2 heterocycles. The van der Waals surface area contributed by atoms with Gasteiger partial charge in [-0.1, -0.05) is 146 Å². The van der Waals surface area contributed by atoms with Gasteiger partial charge in [-0.2, -0.15) is 12.1 Å². The van der Waals surface area contributed by atoms with Gasteiger partial charge in [0.05, 0.1) is 16.5 Å². The van der Waals surface area contributed by atoms with Crippen LogP contribution < -0.4 is 18.8 Å². The quantitative estimate of drug-likeness (QED) is 0.107. The minimum atomic E-state index is 0. The summed E-state index contributed by atoms with van der Waals surface area (Å²) in [7, 11) is 0. The van der Waals surface area contributed by atoms with E-state index in [4.69, 9.17) is 9.72 Å². The largest absolute Gasteiger partial charge is 2.00 e. The molecule has 0 saturated carbocycles. The van der Waals surface area contributed by atoms with Crippen molar-refractivity contribution in [3.8, 4) is 33.8 Å². The van der Waals surface area contributed by atoms with Crippen molar-refractivity contribution in [3.05, 3.63) is 218 Å². The molecule has 0 atom stereocenters. The van der Waals surface area contributed by atoms with Gasteiger partial charge < -0.3 is 9.64 Å². The zero-order valence-electron chi connectivity index (χ0n) is 34.6. The predicted molar refractivity (Wildman–Crippen MR) is 251 cm³/mol. The summed E-state index contributed by atoms with van der Waals surface area (Å²) < 4.78 is 10.9. The standard InChI is InChI=1S/C56H42N4O.Pt/c1-56(2,3)43-31-33-44(34-32-43)60(53-29-12-13-36-57-53)46-23-15-25-48(38-46)61-47-24-14-22-45(37-47)58-39-59(55-51-26-11-10-21-42(51)30-35-52(55)58)54-49(40-17-6-4-7-18-40)27-16-28-50(54)41-19-8-5-9-20-41;/h4-36H,1-3H3;/q;+2. The van der Waals surface area contributed by atoms with E-state index in [-0.39, 0.29) is 26.5 Å². The summed E-state index contributed by atoms with van der Waals surface area (Å²) in [6.07, 6.45) is 1.81. The molecule has 0 spiro atoms. The Balaban J connectivity index is 0.00000490. The van der Waals surface area contributed by atoms with Crippen molar-refractivity contribution in [1.82, 2.24) is 14.1 Å². The molecule has 5 nitrogen and oxygen atoms in total. The van der Waals surface area contributed by atoms with Crippen LogP contribution in [0.25, 0.3) is 33.0 Å². The first-order valence-corrected chi connectivity index (χ1v) is 20.6. The van der Waals surface area contributed by atoms with Gasteiger partial charge in [-0.05, 0) is 80.6 Å². The van der Waals surface area contributed by atoms with Crippen molar-refractivity contribution in [1.29, 1.82) is 0 Å². The zero-order chi connectivity index (χ0) is 41.3. The van der Waals surface area contributed by atoms with E-state index in [1.54, 1.807) is 0 Å². The van der Waals surface area contributed by atoms with Crippen molar-refractivity contribution in [2.45, 2.75) is 26.2 Å². The van der Waals surface area contributed by atoms with Crippen LogP contribution in [0.15, 0.2) is 200 Å². The van der Waals surface area contributed by atoms with E-state index in [9.17, 15) is 0 Å². The number of anilines is 3. The van der Waals surface area contributed by atoms with E-state index in [1.165, 1.54) is 5.56 Å². The van der Waals surface area contributed by atoms with E-state index in [2.05, 4.69) is 192 Å². The number of para-hydroxylation sites is 1. The first kappa shape index (κ1) is 40.3. The van der Waals surface area contributed by atoms with Gasteiger partial charge in [-0.3, -0.25) is 0 Å². The van der Waals surface area contributed by atoms with Gasteiger partial charge in [0.2, 0.25) is 5.69 Å². The van der Waals surface area contributed by atoms with Crippen LogP contribution in [0, 0.1) is 12.1 Å². The summed E-state index contributed by atoms with van der Waals surface area (Å²) in [5.41, 5.74) is 11.4. The zero-order valence-corrected chi connectivity index (χ0v) is 36.8. The molecule has 8 aromatic carbocycles. The Hall–Kier alpha value is -7.16. The van der Waals surface area contributed by atoms with Crippen LogP contribution in [0.5, 0.6) is 11.5 Å². The second kappa shape index (κ2) is 17.1. The van der Waals surface area contributed by atoms with Crippen molar-refractivity contribution < 1.29 is 25.8 Å². The maximum Gasteiger partial charge on any atom is 2.00 e. The average Bonchev–Trinajstić information content (AvgIpc) is 3.70. The van der Waals surface area contributed by atoms with Gasteiger partial charge in [0, 0.05) is 29.4 Å². The minimum absolute atomic E-state index is 0. The molecule has 0 bridgehead atoms. The van der Waals surface area contributed by atoms with Gasteiger partial charge in [-0.25, -0.2) is 4.98 Å². The number of ether oxygens (including phenoxy) is 1. The minimum Gasteiger partial charge on any atom is -0.509 e. The Morgan fingerprint density at radius 3 is 1.85 bits per heavy atom.